The standard InChI is InChI=1S/C18H25FN2O4/c19-16-4-2-1-3-15(16)11-18(14-22)13-20(5-10-25-18)12-17(23)21-6-8-24-9-7-21/h1-4,22H,5-14H2/t18-/m1/s1. The van der Waals surface area contributed by atoms with Gasteiger partial charge in [-0.05, 0) is 11.6 Å². The topological polar surface area (TPSA) is 62.2 Å². The number of halogens is 1. The summed E-state index contributed by atoms with van der Waals surface area (Å²) >= 11 is 0. The number of rotatable bonds is 5. The minimum atomic E-state index is -0.883. The lowest BCUT2D eigenvalue weighted by Gasteiger charge is -2.42. The first-order valence-corrected chi connectivity index (χ1v) is 8.68. The van der Waals surface area contributed by atoms with Gasteiger partial charge in [0.2, 0.25) is 5.91 Å². The van der Waals surface area contributed by atoms with Gasteiger partial charge in [0.05, 0.1) is 33.0 Å². The summed E-state index contributed by atoms with van der Waals surface area (Å²) in [4.78, 5) is 16.2. The van der Waals surface area contributed by atoms with Crippen LogP contribution in [0, 0.1) is 5.82 Å². The Morgan fingerprint density at radius 1 is 1.20 bits per heavy atom. The Morgan fingerprint density at radius 2 is 1.96 bits per heavy atom. The Morgan fingerprint density at radius 3 is 2.68 bits per heavy atom. The molecule has 25 heavy (non-hydrogen) atoms. The number of hydrogen-bond donors (Lipinski definition) is 1. The molecule has 0 radical (unpaired) electrons. The maximum absolute atomic E-state index is 14.0. The number of aliphatic hydroxyl groups is 1. The van der Waals surface area contributed by atoms with Crippen molar-refractivity contribution in [2.45, 2.75) is 12.0 Å². The minimum absolute atomic E-state index is 0.0583. The summed E-state index contributed by atoms with van der Waals surface area (Å²) in [5.74, 6) is -0.247. The van der Waals surface area contributed by atoms with Crippen LogP contribution in [0.25, 0.3) is 0 Å². The van der Waals surface area contributed by atoms with E-state index in [4.69, 9.17) is 9.47 Å². The van der Waals surface area contributed by atoms with Crippen LogP contribution in [-0.4, -0.2) is 85.6 Å². The third-order valence-corrected chi connectivity index (χ3v) is 4.81. The van der Waals surface area contributed by atoms with Gasteiger partial charge in [0.1, 0.15) is 11.4 Å². The van der Waals surface area contributed by atoms with Crippen molar-refractivity contribution in [3.8, 4) is 0 Å². The highest BCUT2D eigenvalue weighted by atomic mass is 19.1. The van der Waals surface area contributed by atoms with Crippen LogP contribution in [0.4, 0.5) is 4.39 Å². The average molecular weight is 352 g/mol. The maximum Gasteiger partial charge on any atom is 0.236 e. The molecule has 0 aliphatic carbocycles. The SMILES string of the molecule is O=C(CN1CCO[C@](CO)(Cc2ccccc2F)C1)N1CCOCC1. The third-order valence-electron chi connectivity index (χ3n) is 4.81. The van der Waals surface area contributed by atoms with Gasteiger partial charge in [-0.3, -0.25) is 9.69 Å². The second-order valence-corrected chi connectivity index (χ2v) is 6.66. The lowest BCUT2D eigenvalue weighted by molar-refractivity contribution is -0.149. The summed E-state index contributed by atoms with van der Waals surface area (Å²) in [6, 6.07) is 6.52. The first-order valence-electron chi connectivity index (χ1n) is 8.68. The zero-order chi connectivity index (χ0) is 17.7. The van der Waals surface area contributed by atoms with Crippen LogP contribution in [0.3, 0.4) is 0 Å². The molecule has 1 N–H and O–H groups in total. The summed E-state index contributed by atoms with van der Waals surface area (Å²) < 4.78 is 25.1. The number of aliphatic hydroxyl groups excluding tert-OH is 1. The molecule has 1 aromatic carbocycles. The molecule has 2 aliphatic heterocycles. The molecule has 2 aliphatic rings. The van der Waals surface area contributed by atoms with E-state index in [9.17, 15) is 14.3 Å². The number of carbonyl (C=O) groups excluding carboxylic acids is 1. The fraction of sp³-hybridized carbons (Fsp3) is 0.611. The predicted octanol–water partition coefficient (Wildman–Crippen LogP) is 0.290. The molecule has 0 bridgehead atoms. The summed E-state index contributed by atoms with van der Waals surface area (Å²) in [5, 5.41) is 9.91. The van der Waals surface area contributed by atoms with Crippen molar-refractivity contribution in [1.82, 2.24) is 9.80 Å². The van der Waals surface area contributed by atoms with Crippen LogP contribution >= 0.6 is 0 Å². The second-order valence-electron chi connectivity index (χ2n) is 6.66. The summed E-state index contributed by atoms with van der Waals surface area (Å²) in [5.41, 5.74) is -0.371. The van der Waals surface area contributed by atoms with Crippen molar-refractivity contribution in [2.24, 2.45) is 0 Å². The van der Waals surface area contributed by atoms with Gasteiger partial charge in [0.15, 0.2) is 0 Å². The molecule has 1 amide bonds. The molecule has 2 heterocycles. The van der Waals surface area contributed by atoms with Gasteiger partial charge in [-0.1, -0.05) is 18.2 Å². The van der Waals surface area contributed by atoms with Crippen molar-refractivity contribution >= 4 is 5.91 Å². The smallest absolute Gasteiger partial charge is 0.236 e. The monoisotopic (exact) mass is 352 g/mol. The zero-order valence-corrected chi connectivity index (χ0v) is 14.3. The molecule has 0 spiro atoms. The molecule has 2 saturated heterocycles. The molecule has 1 atom stereocenters. The number of nitrogens with zero attached hydrogens (tertiary/aromatic N) is 2. The fourth-order valence-corrected chi connectivity index (χ4v) is 3.41. The van der Waals surface area contributed by atoms with Gasteiger partial charge < -0.3 is 19.5 Å². The van der Waals surface area contributed by atoms with Crippen LogP contribution in [0.1, 0.15) is 5.56 Å². The highest BCUT2D eigenvalue weighted by Gasteiger charge is 2.38. The minimum Gasteiger partial charge on any atom is -0.393 e. The summed E-state index contributed by atoms with van der Waals surface area (Å²) in [7, 11) is 0. The molecule has 3 rings (SSSR count). The van der Waals surface area contributed by atoms with Crippen molar-refractivity contribution in [3.05, 3.63) is 35.6 Å². The second kappa shape index (κ2) is 8.23. The van der Waals surface area contributed by atoms with E-state index in [0.717, 1.165) is 0 Å². The summed E-state index contributed by atoms with van der Waals surface area (Å²) in [6.45, 7) is 3.86. The lowest BCUT2D eigenvalue weighted by atomic mass is 9.92. The van der Waals surface area contributed by atoms with Gasteiger partial charge in [-0.15, -0.1) is 0 Å². The Labute approximate surface area is 147 Å². The van der Waals surface area contributed by atoms with Gasteiger partial charge in [0, 0.05) is 32.6 Å². The molecule has 1 aromatic rings. The number of morpholine rings is 2. The van der Waals surface area contributed by atoms with E-state index in [1.165, 1.54) is 6.07 Å². The van der Waals surface area contributed by atoms with Crippen LogP contribution in [-0.2, 0) is 20.7 Å². The molecular formula is C18H25FN2O4. The molecule has 0 unspecified atom stereocenters. The maximum atomic E-state index is 14.0. The molecular weight excluding hydrogens is 327 g/mol. The number of ether oxygens (including phenoxy) is 2. The van der Waals surface area contributed by atoms with Gasteiger partial charge in [0.25, 0.3) is 0 Å². The molecule has 6 nitrogen and oxygen atoms in total. The van der Waals surface area contributed by atoms with Crippen molar-refractivity contribution in [2.75, 3.05) is 59.2 Å². The van der Waals surface area contributed by atoms with Crippen molar-refractivity contribution in [3.63, 3.8) is 0 Å². The highest BCUT2D eigenvalue weighted by Crippen LogP contribution is 2.24. The third kappa shape index (κ3) is 4.55. The quantitative estimate of drug-likeness (QED) is 0.825. The van der Waals surface area contributed by atoms with E-state index in [1.807, 2.05) is 4.90 Å². The molecule has 0 aromatic heterocycles. The first kappa shape index (κ1) is 18.3. The van der Waals surface area contributed by atoms with E-state index in [2.05, 4.69) is 0 Å². The Bertz CT molecular complexity index is 594. The van der Waals surface area contributed by atoms with Crippen molar-refractivity contribution in [1.29, 1.82) is 0 Å². The summed E-state index contributed by atoms with van der Waals surface area (Å²) in [6.07, 6.45) is 0.276. The Balaban J connectivity index is 1.63. The molecule has 138 valence electrons. The molecule has 2 fully saturated rings. The van der Waals surface area contributed by atoms with Crippen LogP contribution in [0.2, 0.25) is 0 Å². The Hall–Kier alpha value is -1.54. The van der Waals surface area contributed by atoms with E-state index >= 15 is 0 Å². The van der Waals surface area contributed by atoms with E-state index in [1.54, 1.807) is 23.1 Å². The normalized spacial score (nSPS) is 25.1. The van der Waals surface area contributed by atoms with Crippen molar-refractivity contribution < 1.29 is 23.8 Å². The van der Waals surface area contributed by atoms with E-state index < -0.39 is 5.60 Å². The zero-order valence-electron chi connectivity index (χ0n) is 14.3. The van der Waals surface area contributed by atoms with E-state index in [-0.39, 0.29) is 31.3 Å². The van der Waals surface area contributed by atoms with Gasteiger partial charge >= 0.3 is 0 Å². The van der Waals surface area contributed by atoms with Crippen LogP contribution in [0.5, 0.6) is 0 Å². The number of amides is 1. The molecule has 0 saturated carbocycles. The number of hydrogen-bond acceptors (Lipinski definition) is 5. The Kier molecular flexibility index (Phi) is 6.01. The van der Waals surface area contributed by atoms with Crippen LogP contribution < -0.4 is 0 Å². The number of carbonyl (C=O) groups is 1. The van der Waals surface area contributed by atoms with Crippen LogP contribution in [0.15, 0.2) is 24.3 Å². The predicted molar refractivity (Wildman–Crippen MR) is 89.7 cm³/mol. The molecule has 7 heteroatoms. The first-order chi connectivity index (χ1) is 12.1. The fourth-order valence-electron chi connectivity index (χ4n) is 3.41. The lowest BCUT2D eigenvalue weighted by Crippen LogP contribution is -2.57. The van der Waals surface area contributed by atoms with E-state index in [0.29, 0.717) is 51.6 Å². The largest absolute Gasteiger partial charge is 0.393 e. The van der Waals surface area contributed by atoms with Gasteiger partial charge in [-0.25, -0.2) is 4.39 Å². The number of benzene rings is 1. The highest BCUT2D eigenvalue weighted by molar-refractivity contribution is 5.78. The van der Waals surface area contributed by atoms with Gasteiger partial charge in [-0.2, -0.15) is 0 Å². The average Bonchev–Trinajstić information content (AvgIpc) is 2.65.